The van der Waals surface area contributed by atoms with E-state index in [0.29, 0.717) is 28.8 Å². The summed E-state index contributed by atoms with van der Waals surface area (Å²) in [6, 6.07) is 7.36. The van der Waals surface area contributed by atoms with Gasteiger partial charge in [-0.15, -0.1) is 0 Å². The zero-order valence-electron chi connectivity index (χ0n) is 15.2. The van der Waals surface area contributed by atoms with Crippen LogP contribution in [0.15, 0.2) is 30.5 Å². The van der Waals surface area contributed by atoms with E-state index in [1.165, 1.54) is 7.11 Å². The van der Waals surface area contributed by atoms with E-state index in [9.17, 15) is 14.4 Å². The predicted molar refractivity (Wildman–Crippen MR) is 99.5 cm³/mol. The molecule has 3 rings (SSSR count). The zero-order valence-corrected chi connectivity index (χ0v) is 15.2. The highest BCUT2D eigenvalue weighted by molar-refractivity contribution is 6.08. The molecule has 0 aliphatic rings. The van der Waals surface area contributed by atoms with Crippen molar-refractivity contribution >= 4 is 28.7 Å². The number of ether oxygens (including phenoxy) is 1. The molecule has 0 unspecified atom stereocenters. The lowest BCUT2D eigenvalue weighted by molar-refractivity contribution is 0.0598. The van der Waals surface area contributed by atoms with E-state index in [4.69, 9.17) is 4.74 Å². The average molecular weight is 368 g/mol. The van der Waals surface area contributed by atoms with Gasteiger partial charge >= 0.3 is 5.97 Å². The number of carbonyl (C=O) groups is 3. The van der Waals surface area contributed by atoms with E-state index in [1.54, 1.807) is 13.1 Å². The number of fused-ring (bicyclic) bond motifs is 1. The van der Waals surface area contributed by atoms with Crippen LogP contribution in [0, 0.1) is 6.92 Å². The normalized spacial score (nSPS) is 10.6. The van der Waals surface area contributed by atoms with E-state index in [2.05, 4.69) is 20.8 Å². The number of aromatic amines is 2. The van der Waals surface area contributed by atoms with E-state index in [0.717, 1.165) is 10.9 Å². The molecule has 0 aliphatic carbocycles. The lowest BCUT2D eigenvalue weighted by Gasteiger charge is -2.07. The number of aromatic nitrogens is 2. The summed E-state index contributed by atoms with van der Waals surface area (Å²) in [5.41, 5.74) is 7.63. The molecule has 140 valence electrons. The maximum Gasteiger partial charge on any atom is 0.339 e. The summed E-state index contributed by atoms with van der Waals surface area (Å²) in [4.78, 5) is 42.8. The Morgan fingerprint density at radius 1 is 1.11 bits per heavy atom. The Balaban J connectivity index is 1.77. The fraction of sp³-hybridized carbons (Fsp3) is 0.211. The summed E-state index contributed by atoms with van der Waals surface area (Å²) in [6.07, 6.45) is 2.11. The Morgan fingerprint density at radius 2 is 1.81 bits per heavy atom. The molecular weight excluding hydrogens is 348 g/mol. The van der Waals surface area contributed by atoms with Crippen molar-refractivity contribution in [1.82, 2.24) is 20.8 Å². The van der Waals surface area contributed by atoms with Crippen molar-refractivity contribution in [3.63, 3.8) is 0 Å². The molecule has 2 heterocycles. The first-order valence-electron chi connectivity index (χ1n) is 8.44. The van der Waals surface area contributed by atoms with Crippen LogP contribution < -0.4 is 10.9 Å². The maximum absolute atomic E-state index is 12.5. The molecule has 0 saturated carbocycles. The highest BCUT2D eigenvalue weighted by atomic mass is 16.5. The number of aryl methyl sites for hydroxylation is 1. The molecule has 8 nitrogen and oxygen atoms in total. The molecule has 27 heavy (non-hydrogen) atoms. The van der Waals surface area contributed by atoms with Crippen LogP contribution in [-0.2, 0) is 11.2 Å². The maximum atomic E-state index is 12.5. The van der Waals surface area contributed by atoms with Gasteiger partial charge < -0.3 is 14.7 Å². The highest BCUT2D eigenvalue weighted by Gasteiger charge is 2.24. The smallest absolute Gasteiger partial charge is 0.339 e. The molecule has 4 N–H and O–H groups in total. The van der Waals surface area contributed by atoms with Crippen LogP contribution >= 0.6 is 0 Å². The van der Waals surface area contributed by atoms with Gasteiger partial charge in [0.2, 0.25) is 0 Å². The van der Waals surface area contributed by atoms with Gasteiger partial charge in [-0.1, -0.05) is 25.1 Å². The SMILES string of the molecule is CCc1[nH]c(C(=O)NNC(=O)c2c[nH]c3ccccc23)c(C)c1C(=O)OC. The van der Waals surface area contributed by atoms with Gasteiger partial charge in [-0.2, -0.15) is 0 Å². The molecule has 0 atom stereocenters. The fourth-order valence-corrected chi connectivity index (χ4v) is 3.03. The van der Waals surface area contributed by atoms with Crippen LogP contribution in [0.3, 0.4) is 0 Å². The number of benzene rings is 1. The molecular formula is C19H20N4O4. The van der Waals surface area contributed by atoms with Gasteiger partial charge in [0.25, 0.3) is 11.8 Å². The van der Waals surface area contributed by atoms with Crippen LogP contribution in [0.4, 0.5) is 0 Å². The second-order valence-corrected chi connectivity index (χ2v) is 5.98. The first kappa shape index (κ1) is 18.2. The number of H-pyrrole nitrogens is 2. The Hall–Kier alpha value is -3.55. The van der Waals surface area contributed by atoms with Gasteiger partial charge in [0.15, 0.2) is 0 Å². The molecule has 0 spiro atoms. The van der Waals surface area contributed by atoms with E-state index >= 15 is 0 Å². The minimum absolute atomic E-state index is 0.200. The van der Waals surface area contributed by atoms with Crippen molar-refractivity contribution in [2.24, 2.45) is 0 Å². The van der Waals surface area contributed by atoms with Gasteiger partial charge in [-0.25, -0.2) is 4.79 Å². The van der Waals surface area contributed by atoms with E-state index < -0.39 is 17.8 Å². The van der Waals surface area contributed by atoms with Crippen molar-refractivity contribution in [2.75, 3.05) is 7.11 Å². The van der Waals surface area contributed by atoms with Crippen LogP contribution in [0.25, 0.3) is 10.9 Å². The number of hydrazine groups is 1. The highest BCUT2D eigenvalue weighted by Crippen LogP contribution is 2.20. The molecule has 1 aromatic carbocycles. The Morgan fingerprint density at radius 3 is 2.52 bits per heavy atom. The summed E-state index contributed by atoms with van der Waals surface area (Å²) >= 11 is 0. The summed E-state index contributed by atoms with van der Waals surface area (Å²) in [6.45, 7) is 3.51. The average Bonchev–Trinajstić information content (AvgIpc) is 3.26. The topological polar surface area (TPSA) is 116 Å². The van der Waals surface area contributed by atoms with Gasteiger partial charge in [-0.3, -0.25) is 20.4 Å². The van der Waals surface area contributed by atoms with Crippen LogP contribution in [-0.4, -0.2) is 34.9 Å². The van der Waals surface area contributed by atoms with Crippen molar-refractivity contribution in [3.05, 3.63) is 58.5 Å². The lowest BCUT2D eigenvalue weighted by atomic mass is 10.1. The van der Waals surface area contributed by atoms with Gasteiger partial charge in [-0.05, 0) is 25.0 Å². The number of para-hydroxylation sites is 1. The van der Waals surface area contributed by atoms with Crippen LogP contribution in [0.5, 0.6) is 0 Å². The molecule has 8 heteroatoms. The Bertz CT molecular complexity index is 1030. The minimum atomic E-state index is -0.550. The van der Waals surface area contributed by atoms with Gasteiger partial charge in [0.1, 0.15) is 5.69 Å². The van der Waals surface area contributed by atoms with E-state index in [1.807, 2.05) is 31.2 Å². The number of hydrogen-bond acceptors (Lipinski definition) is 4. The lowest BCUT2D eigenvalue weighted by Crippen LogP contribution is -2.42. The largest absolute Gasteiger partial charge is 0.465 e. The summed E-state index contributed by atoms with van der Waals surface area (Å²) in [5, 5.41) is 0.751. The monoisotopic (exact) mass is 368 g/mol. The summed E-state index contributed by atoms with van der Waals surface area (Å²) in [5.74, 6) is -1.51. The first-order valence-corrected chi connectivity index (χ1v) is 8.44. The summed E-state index contributed by atoms with van der Waals surface area (Å²) in [7, 11) is 1.29. The Labute approximate surface area is 155 Å². The second-order valence-electron chi connectivity index (χ2n) is 5.98. The number of methoxy groups -OCH3 is 1. The molecule has 0 fully saturated rings. The predicted octanol–water partition coefficient (Wildman–Crippen LogP) is 2.23. The zero-order chi connectivity index (χ0) is 19.6. The van der Waals surface area contributed by atoms with Crippen LogP contribution in [0.2, 0.25) is 0 Å². The van der Waals surface area contributed by atoms with Crippen molar-refractivity contribution in [1.29, 1.82) is 0 Å². The van der Waals surface area contributed by atoms with Crippen molar-refractivity contribution in [3.8, 4) is 0 Å². The molecule has 0 radical (unpaired) electrons. The third kappa shape index (κ3) is 3.29. The van der Waals surface area contributed by atoms with Crippen molar-refractivity contribution in [2.45, 2.75) is 20.3 Å². The third-order valence-corrected chi connectivity index (χ3v) is 4.42. The molecule has 2 aromatic heterocycles. The number of hydrogen-bond donors (Lipinski definition) is 4. The second kappa shape index (κ2) is 7.36. The van der Waals surface area contributed by atoms with Gasteiger partial charge in [0.05, 0.1) is 18.2 Å². The number of carbonyl (C=O) groups excluding carboxylic acids is 3. The minimum Gasteiger partial charge on any atom is -0.465 e. The standard InChI is InChI=1S/C19H20N4O4/c1-4-13-15(19(26)27-3)10(2)16(21-13)18(25)23-22-17(24)12-9-20-14-8-6-5-7-11(12)14/h5-9,20-21H,4H2,1-3H3,(H,22,24)(H,23,25). The molecule has 0 saturated heterocycles. The first-order chi connectivity index (χ1) is 13.0. The van der Waals surface area contributed by atoms with Gasteiger partial charge in [0, 0.05) is 22.8 Å². The molecule has 0 aliphatic heterocycles. The molecule has 3 aromatic rings. The third-order valence-electron chi connectivity index (χ3n) is 4.42. The number of rotatable bonds is 4. The summed E-state index contributed by atoms with van der Waals surface area (Å²) < 4.78 is 4.78. The van der Waals surface area contributed by atoms with Crippen molar-refractivity contribution < 1.29 is 19.1 Å². The Kier molecular flexibility index (Phi) is 4.98. The number of nitrogens with one attached hydrogen (secondary N) is 4. The van der Waals surface area contributed by atoms with Crippen LogP contribution in [0.1, 0.15) is 49.4 Å². The molecule has 0 bridgehead atoms. The van der Waals surface area contributed by atoms with E-state index in [-0.39, 0.29) is 5.69 Å². The molecule has 2 amide bonds. The fourth-order valence-electron chi connectivity index (χ4n) is 3.03. The number of esters is 1. The number of amides is 2. The quantitative estimate of drug-likeness (QED) is 0.417.